The zero-order valence-corrected chi connectivity index (χ0v) is 9.76. The van der Waals surface area contributed by atoms with Gasteiger partial charge < -0.3 is 5.73 Å². The Bertz CT molecular complexity index is 441. The van der Waals surface area contributed by atoms with E-state index < -0.39 is 10.0 Å². The van der Waals surface area contributed by atoms with Crippen molar-refractivity contribution in [2.24, 2.45) is 0 Å². The molecule has 1 aromatic carbocycles. The molecule has 1 aromatic rings. The predicted molar refractivity (Wildman–Crippen MR) is 62.1 cm³/mol. The molecule has 4 nitrogen and oxygen atoms in total. The maximum Gasteiger partial charge on any atom is 0.211 e. The van der Waals surface area contributed by atoms with Crippen LogP contribution < -0.4 is 10.5 Å². The molecule has 0 aliphatic rings. The first-order chi connectivity index (χ1) is 6.94. The van der Waals surface area contributed by atoms with Gasteiger partial charge in [-0.3, -0.25) is 0 Å². The summed E-state index contributed by atoms with van der Waals surface area (Å²) in [5, 5.41) is 0. The van der Waals surface area contributed by atoms with E-state index in [-0.39, 0.29) is 5.75 Å². The van der Waals surface area contributed by atoms with E-state index in [1.54, 1.807) is 6.07 Å². The normalized spacial score (nSPS) is 11.6. The number of hydrogen-bond donors (Lipinski definition) is 2. The number of nitrogen functional groups attached to an aromatic ring is 1. The second kappa shape index (κ2) is 4.63. The zero-order chi connectivity index (χ0) is 11.5. The fourth-order valence-electron chi connectivity index (χ4n) is 1.25. The molecule has 84 valence electrons. The van der Waals surface area contributed by atoms with Crippen molar-refractivity contribution in [2.45, 2.75) is 13.3 Å². The summed E-state index contributed by atoms with van der Waals surface area (Å²) in [6.07, 6.45) is 0.504. The van der Waals surface area contributed by atoms with E-state index >= 15 is 0 Å². The molecule has 1 rings (SSSR count). The molecule has 0 unspecified atom stereocenters. The fourth-order valence-corrected chi connectivity index (χ4v) is 1.96. The molecule has 0 atom stereocenters. The highest BCUT2D eigenvalue weighted by Gasteiger charge is 2.07. The summed E-state index contributed by atoms with van der Waals surface area (Å²) in [4.78, 5) is 0. The molecule has 0 aliphatic heterocycles. The molecular formula is C10H16N2O2S. The Morgan fingerprint density at radius 1 is 1.40 bits per heavy atom. The number of nitrogens with one attached hydrogen (secondary N) is 1. The minimum atomic E-state index is -3.12. The number of rotatable bonds is 4. The van der Waals surface area contributed by atoms with Gasteiger partial charge in [0.25, 0.3) is 0 Å². The smallest absolute Gasteiger partial charge is 0.211 e. The zero-order valence-electron chi connectivity index (χ0n) is 8.95. The van der Waals surface area contributed by atoms with Gasteiger partial charge in [0.2, 0.25) is 10.0 Å². The van der Waals surface area contributed by atoms with Crippen LogP contribution in [0.4, 0.5) is 5.69 Å². The summed E-state index contributed by atoms with van der Waals surface area (Å²) in [7, 11) is -1.70. The lowest BCUT2D eigenvalue weighted by Gasteiger charge is -2.05. The van der Waals surface area contributed by atoms with Gasteiger partial charge in [-0.25, -0.2) is 13.1 Å². The summed E-state index contributed by atoms with van der Waals surface area (Å²) >= 11 is 0. The fraction of sp³-hybridized carbons (Fsp3) is 0.400. The highest BCUT2D eigenvalue weighted by molar-refractivity contribution is 7.89. The monoisotopic (exact) mass is 228 g/mol. The Hall–Kier alpha value is -1.07. The highest BCUT2D eigenvalue weighted by atomic mass is 32.2. The third-order valence-electron chi connectivity index (χ3n) is 2.30. The molecule has 0 radical (unpaired) electrons. The van der Waals surface area contributed by atoms with Crippen LogP contribution >= 0.6 is 0 Å². The topological polar surface area (TPSA) is 72.2 Å². The van der Waals surface area contributed by atoms with Crippen molar-refractivity contribution < 1.29 is 8.42 Å². The van der Waals surface area contributed by atoms with E-state index in [1.165, 1.54) is 7.05 Å². The Morgan fingerprint density at radius 2 is 2.07 bits per heavy atom. The van der Waals surface area contributed by atoms with E-state index in [2.05, 4.69) is 4.72 Å². The van der Waals surface area contributed by atoms with Gasteiger partial charge in [-0.05, 0) is 37.6 Å². The van der Waals surface area contributed by atoms with Crippen LogP contribution in [0.15, 0.2) is 18.2 Å². The molecule has 0 amide bonds. The van der Waals surface area contributed by atoms with Gasteiger partial charge in [-0.2, -0.15) is 0 Å². The van der Waals surface area contributed by atoms with E-state index in [1.807, 2.05) is 19.1 Å². The number of hydrogen-bond acceptors (Lipinski definition) is 3. The first kappa shape index (κ1) is 12.0. The number of benzene rings is 1. The Labute approximate surface area is 90.5 Å². The maximum absolute atomic E-state index is 11.2. The van der Waals surface area contributed by atoms with Crippen LogP contribution in [0.1, 0.15) is 11.1 Å². The molecule has 0 aromatic heterocycles. The average molecular weight is 228 g/mol. The van der Waals surface area contributed by atoms with Crippen LogP contribution in [0, 0.1) is 6.92 Å². The largest absolute Gasteiger partial charge is 0.399 e. The molecule has 0 heterocycles. The van der Waals surface area contributed by atoms with Gasteiger partial charge in [-0.15, -0.1) is 0 Å². The van der Waals surface area contributed by atoms with Gasteiger partial charge >= 0.3 is 0 Å². The molecule has 0 spiro atoms. The predicted octanol–water partition coefficient (Wildman–Crippen LogP) is 0.669. The van der Waals surface area contributed by atoms with Crippen molar-refractivity contribution in [3.05, 3.63) is 29.3 Å². The van der Waals surface area contributed by atoms with Crippen LogP contribution in [0.25, 0.3) is 0 Å². The quantitative estimate of drug-likeness (QED) is 0.744. The maximum atomic E-state index is 11.2. The summed E-state index contributed by atoms with van der Waals surface area (Å²) in [5.74, 6) is 0.104. The first-order valence-electron chi connectivity index (χ1n) is 4.71. The SMILES string of the molecule is CNS(=O)(=O)CCc1ccc(N)c(C)c1. The van der Waals surface area contributed by atoms with Gasteiger partial charge in [0, 0.05) is 5.69 Å². The Balaban J connectivity index is 2.71. The van der Waals surface area contributed by atoms with Gasteiger partial charge in [-0.1, -0.05) is 12.1 Å². The molecule has 0 saturated carbocycles. The number of anilines is 1. The standard InChI is InChI=1S/C10H16N2O2S/c1-8-7-9(3-4-10(8)11)5-6-15(13,14)12-2/h3-4,7,12H,5-6,11H2,1-2H3. The van der Waals surface area contributed by atoms with Crippen molar-refractivity contribution in [3.8, 4) is 0 Å². The second-order valence-electron chi connectivity index (χ2n) is 3.46. The first-order valence-corrected chi connectivity index (χ1v) is 6.36. The summed E-state index contributed by atoms with van der Waals surface area (Å²) in [6.45, 7) is 1.91. The van der Waals surface area contributed by atoms with Crippen LogP contribution in [0.5, 0.6) is 0 Å². The van der Waals surface area contributed by atoms with Gasteiger partial charge in [0.1, 0.15) is 0 Å². The molecule has 0 fully saturated rings. The van der Waals surface area contributed by atoms with Crippen LogP contribution in [0.2, 0.25) is 0 Å². The summed E-state index contributed by atoms with van der Waals surface area (Å²) in [6, 6.07) is 5.57. The molecule has 0 saturated heterocycles. The van der Waals surface area contributed by atoms with Gasteiger partial charge in [0.15, 0.2) is 0 Å². The molecule has 0 aliphatic carbocycles. The third-order valence-corrected chi connectivity index (χ3v) is 3.67. The van der Waals surface area contributed by atoms with Crippen molar-refractivity contribution in [2.75, 3.05) is 18.5 Å². The lowest BCUT2D eigenvalue weighted by molar-refractivity contribution is 0.587. The van der Waals surface area contributed by atoms with Crippen LogP contribution in [0.3, 0.4) is 0 Å². The molecular weight excluding hydrogens is 212 g/mol. The second-order valence-corrected chi connectivity index (χ2v) is 5.51. The average Bonchev–Trinajstić information content (AvgIpc) is 2.20. The molecule has 5 heteroatoms. The van der Waals surface area contributed by atoms with Crippen molar-refractivity contribution in [3.63, 3.8) is 0 Å². The number of sulfonamides is 1. The number of aryl methyl sites for hydroxylation is 2. The van der Waals surface area contributed by atoms with E-state index in [9.17, 15) is 8.42 Å². The van der Waals surface area contributed by atoms with E-state index in [4.69, 9.17) is 5.73 Å². The molecule has 0 bridgehead atoms. The Morgan fingerprint density at radius 3 is 2.60 bits per heavy atom. The van der Waals surface area contributed by atoms with Crippen LogP contribution in [-0.2, 0) is 16.4 Å². The minimum Gasteiger partial charge on any atom is -0.399 e. The lowest BCUT2D eigenvalue weighted by atomic mass is 10.1. The molecule has 15 heavy (non-hydrogen) atoms. The third kappa shape index (κ3) is 3.53. The summed E-state index contributed by atoms with van der Waals surface area (Å²) in [5.41, 5.74) is 8.37. The van der Waals surface area contributed by atoms with Crippen molar-refractivity contribution >= 4 is 15.7 Å². The lowest BCUT2D eigenvalue weighted by Crippen LogP contribution is -2.23. The summed E-state index contributed by atoms with van der Waals surface area (Å²) < 4.78 is 24.7. The van der Waals surface area contributed by atoms with Gasteiger partial charge in [0.05, 0.1) is 5.75 Å². The van der Waals surface area contributed by atoms with Crippen molar-refractivity contribution in [1.82, 2.24) is 4.72 Å². The highest BCUT2D eigenvalue weighted by Crippen LogP contribution is 2.13. The van der Waals surface area contributed by atoms with Crippen LogP contribution in [-0.4, -0.2) is 21.2 Å². The molecule has 3 N–H and O–H groups in total. The van der Waals surface area contributed by atoms with E-state index in [0.29, 0.717) is 6.42 Å². The number of nitrogens with two attached hydrogens (primary N) is 1. The van der Waals surface area contributed by atoms with E-state index in [0.717, 1.165) is 16.8 Å². The minimum absolute atomic E-state index is 0.104. The van der Waals surface area contributed by atoms with Crippen molar-refractivity contribution in [1.29, 1.82) is 0 Å². The Kier molecular flexibility index (Phi) is 3.71.